The zero-order valence-corrected chi connectivity index (χ0v) is 13.9. The van der Waals surface area contributed by atoms with Crippen molar-refractivity contribution in [2.45, 2.75) is 32.4 Å². The molecule has 2 rings (SSSR count). The van der Waals surface area contributed by atoms with Crippen LogP contribution in [0.2, 0.25) is 0 Å². The molecular formula is C16H22N2O5. The van der Waals surface area contributed by atoms with Crippen LogP contribution in [0.5, 0.6) is 5.75 Å². The Bertz CT molecular complexity index is 582. The van der Waals surface area contributed by atoms with Crippen LogP contribution in [-0.2, 0) is 9.47 Å². The van der Waals surface area contributed by atoms with Crippen molar-refractivity contribution in [2.75, 3.05) is 26.9 Å². The van der Waals surface area contributed by atoms with Crippen molar-refractivity contribution < 1.29 is 23.8 Å². The molecule has 23 heavy (non-hydrogen) atoms. The molecule has 1 saturated heterocycles. The molecule has 1 amide bonds. The number of Topliss-reactive ketones (excluding diaryl/α,β-unsaturated/α-hetero) is 1. The molecule has 0 aliphatic carbocycles. The number of amides is 1. The van der Waals surface area contributed by atoms with Crippen molar-refractivity contribution in [3.05, 3.63) is 24.0 Å². The van der Waals surface area contributed by atoms with Crippen LogP contribution in [0.1, 0.15) is 31.3 Å². The second-order valence-corrected chi connectivity index (χ2v) is 6.18. The molecule has 2 heterocycles. The van der Waals surface area contributed by atoms with Crippen LogP contribution in [-0.4, -0.2) is 60.3 Å². The van der Waals surface area contributed by atoms with Gasteiger partial charge in [-0.1, -0.05) is 0 Å². The second kappa shape index (κ2) is 6.95. The van der Waals surface area contributed by atoms with Crippen LogP contribution in [0.3, 0.4) is 0 Å². The molecule has 126 valence electrons. The van der Waals surface area contributed by atoms with Crippen LogP contribution in [0.15, 0.2) is 18.3 Å². The minimum absolute atomic E-state index is 0.109. The topological polar surface area (TPSA) is 78.0 Å². The van der Waals surface area contributed by atoms with E-state index in [9.17, 15) is 9.59 Å². The van der Waals surface area contributed by atoms with Crippen LogP contribution in [0.25, 0.3) is 0 Å². The van der Waals surface area contributed by atoms with Crippen molar-refractivity contribution in [3.8, 4) is 5.75 Å². The predicted octanol–water partition coefficient (Wildman–Crippen LogP) is 1.91. The summed E-state index contributed by atoms with van der Waals surface area (Å²) in [5.74, 6) is 0.0419. The SMILES string of the molecule is COc1cccnc1C(=O)C1COCCN1C(=O)OC(C)(C)C. The maximum Gasteiger partial charge on any atom is 0.411 e. The molecule has 1 aliphatic rings. The van der Waals surface area contributed by atoms with Crippen LogP contribution < -0.4 is 4.74 Å². The summed E-state index contributed by atoms with van der Waals surface area (Å²) in [5, 5.41) is 0. The van der Waals surface area contributed by atoms with E-state index in [1.807, 2.05) is 0 Å². The second-order valence-electron chi connectivity index (χ2n) is 6.18. The highest BCUT2D eigenvalue weighted by atomic mass is 16.6. The van der Waals surface area contributed by atoms with Gasteiger partial charge in [0.05, 0.1) is 20.3 Å². The van der Waals surface area contributed by atoms with Crippen LogP contribution >= 0.6 is 0 Å². The normalized spacial score (nSPS) is 18.4. The molecule has 1 atom stereocenters. The fraction of sp³-hybridized carbons (Fsp3) is 0.562. The average molecular weight is 322 g/mol. The van der Waals surface area contributed by atoms with E-state index in [0.717, 1.165) is 0 Å². The average Bonchev–Trinajstić information content (AvgIpc) is 2.52. The van der Waals surface area contributed by atoms with Crippen molar-refractivity contribution in [2.24, 2.45) is 0 Å². The molecule has 0 radical (unpaired) electrons. The Morgan fingerprint density at radius 3 is 2.78 bits per heavy atom. The number of methoxy groups -OCH3 is 1. The summed E-state index contributed by atoms with van der Waals surface area (Å²) in [7, 11) is 1.47. The van der Waals surface area contributed by atoms with Crippen molar-refractivity contribution in [1.82, 2.24) is 9.88 Å². The lowest BCUT2D eigenvalue weighted by molar-refractivity contribution is -0.0267. The third-order valence-electron chi connectivity index (χ3n) is 3.28. The number of carbonyl (C=O) groups is 2. The van der Waals surface area contributed by atoms with Gasteiger partial charge < -0.3 is 14.2 Å². The molecule has 1 aromatic heterocycles. The number of aromatic nitrogens is 1. The van der Waals surface area contributed by atoms with E-state index in [1.165, 1.54) is 18.2 Å². The van der Waals surface area contributed by atoms with Gasteiger partial charge in [-0.05, 0) is 32.9 Å². The van der Waals surface area contributed by atoms with Crippen molar-refractivity contribution in [1.29, 1.82) is 0 Å². The maximum absolute atomic E-state index is 12.8. The Morgan fingerprint density at radius 1 is 1.39 bits per heavy atom. The summed E-state index contributed by atoms with van der Waals surface area (Å²) in [6.07, 6.45) is 0.978. The molecule has 7 heteroatoms. The van der Waals surface area contributed by atoms with Crippen LogP contribution in [0.4, 0.5) is 4.79 Å². The fourth-order valence-electron chi connectivity index (χ4n) is 2.26. The first kappa shape index (κ1) is 17.2. The molecule has 0 saturated carbocycles. The molecule has 0 spiro atoms. The Balaban J connectivity index is 2.24. The zero-order valence-electron chi connectivity index (χ0n) is 13.9. The van der Waals surface area contributed by atoms with Crippen LogP contribution in [0, 0.1) is 0 Å². The summed E-state index contributed by atoms with van der Waals surface area (Å²) in [5.41, 5.74) is -0.454. The number of hydrogen-bond acceptors (Lipinski definition) is 6. The first-order valence-electron chi connectivity index (χ1n) is 7.44. The number of pyridine rings is 1. The molecule has 1 aliphatic heterocycles. The first-order valence-corrected chi connectivity index (χ1v) is 7.44. The summed E-state index contributed by atoms with van der Waals surface area (Å²) in [6, 6.07) is 2.56. The quantitative estimate of drug-likeness (QED) is 0.791. The number of carbonyl (C=O) groups excluding carboxylic acids is 2. The lowest BCUT2D eigenvalue weighted by Crippen LogP contribution is -2.54. The molecule has 0 bridgehead atoms. The highest BCUT2D eigenvalue weighted by molar-refractivity contribution is 6.02. The minimum Gasteiger partial charge on any atom is -0.494 e. The molecule has 7 nitrogen and oxygen atoms in total. The molecule has 0 N–H and O–H groups in total. The highest BCUT2D eigenvalue weighted by Crippen LogP contribution is 2.21. The van der Waals surface area contributed by atoms with Gasteiger partial charge in [0, 0.05) is 12.7 Å². The monoisotopic (exact) mass is 322 g/mol. The van der Waals surface area contributed by atoms with Gasteiger partial charge in [0.25, 0.3) is 0 Å². The fourth-order valence-corrected chi connectivity index (χ4v) is 2.26. The van der Waals surface area contributed by atoms with Gasteiger partial charge in [-0.15, -0.1) is 0 Å². The molecule has 0 aromatic carbocycles. The Kier molecular flexibility index (Phi) is 5.20. The van der Waals surface area contributed by atoms with Gasteiger partial charge in [0.1, 0.15) is 17.4 Å². The van der Waals surface area contributed by atoms with E-state index >= 15 is 0 Å². The molecule has 1 unspecified atom stereocenters. The standard InChI is InChI=1S/C16H22N2O5/c1-16(2,3)23-15(20)18-8-9-22-10-11(18)14(19)13-12(21-4)6-5-7-17-13/h5-7,11H,8-10H2,1-4H3. The van der Waals surface area contributed by atoms with E-state index in [4.69, 9.17) is 14.2 Å². The minimum atomic E-state index is -0.776. The molecule has 1 fully saturated rings. The lowest BCUT2D eigenvalue weighted by Gasteiger charge is -2.35. The van der Waals surface area contributed by atoms with Crippen molar-refractivity contribution >= 4 is 11.9 Å². The Labute approximate surface area is 135 Å². The summed E-state index contributed by atoms with van der Waals surface area (Å²) >= 11 is 0. The van der Waals surface area contributed by atoms with E-state index in [2.05, 4.69) is 4.98 Å². The Hall–Kier alpha value is -2.15. The summed E-state index contributed by atoms with van der Waals surface area (Å²) in [4.78, 5) is 30.6. The third-order valence-corrected chi connectivity index (χ3v) is 3.28. The number of hydrogen-bond donors (Lipinski definition) is 0. The number of morpholine rings is 1. The van der Waals surface area contributed by atoms with Gasteiger partial charge in [-0.3, -0.25) is 9.69 Å². The van der Waals surface area contributed by atoms with Gasteiger partial charge >= 0.3 is 6.09 Å². The smallest absolute Gasteiger partial charge is 0.411 e. The van der Waals surface area contributed by atoms with Crippen molar-refractivity contribution in [3.63, 3.8) is 0 Å². The van der Waals surface area contributed by atoms with Gasteiger partial charge in [0.2, 0.25) is 5.78 Å². The van der Waals surface area contributed by atoms with E-state index in [-0.39, 0.29) is 18.1 Å². The van der Waals surface area contributed by atoms with Gasteiger partial charge in [-0.2, -0.15) is 0 Å². The number of rotatable bonds is 3. The van der Waals surface area contributed by atoms with E-state index < -0.39 is 17.7 Å². The third kappa shape index (κ3) is 4.19. The molecular weight excluding hydrogens is 300 g/mol. The summed E-state index contributed by atoms with van der Waals surface area (Å²) in [6.45, 7) is 6.11. The highest BCUT2D eigenvalue weighted by Gasteiger charge is 2.37. The molecule has 1 aromatic rings. The Morgan fingerprint density at radius 2 is 2.13 bits per heavy atom. The number of ketones is 1. The van der Waals surface area contributed by atoms with Gasteiger partial charge in [-0.25, -0.2) is 9.78 Å². The zero-order chi connectivity index (χ0) is 17.0. The first-order chi connectivity index (χ1) is 10.8. The van der Waals surface area contributed by atoms with E-state index in [0.29, 0.717) is 18.9 Å². The largest absolute Gasteiger partial charge is 0.494 e. The summed E-state index contributed by atoms with van der Waals surface area (Å²) < 4.78 is 15.9. The predicted molar refractivity (Wildman–Crippen MR) is 82.7 cm³/mol. The maximum atomic E-state index is 12.8. The number of ether oxygens (including phenoxy) is 3. The number of nitrogens with zero attached hydrogens (tertiary/aromatic N) is 2. The lowest BCUT2D eigenvalue weighted by atomic mass is 10.1. The van der Waals surface area contributed by atoms with E-state index in [1.54, 1.807) is 32.9 Å². The van der Waals surface area contributed by atoms with Gasteiger partial charge in [0.15, 0.2) is 5.69 Å².